The molecule has 4 nitrogen and oxygen atoms in total. The molecule has 0 bridgehead atoms. The van der Waals surface area contributed by atoms with Crippen molar-refractivity contribution in [3.05, 3.63) is 35.6 Å². The van der Waals surface area contributed by atoms with E-state index in [4.69, 9.17) is 0 Å². The van der Waals surface area contributed by atoms with Crippen LogP contribution in [0.1, 0.15) is 31.0 Å². The number of rotatable bonds is 5. The van der Waals surface area contributed by atoms with Crippen LogP contribution in [0.4, 0.5) is 4.39 Å². The van der Waals surface area contributed by atoms with Crippen molar-refractivity contribution in [3.8, 4) is 0 Å². The lowest BCUT2D eigenvalue weighted by Gasteiger charge is -2.24. The Kier molecular flexibility index (Phi) is 3.84. The standard InChI is InChI=1S/C15H19FN2O2S/c1-21(20)9-3-8-18-13(11-4-2-5-12(16)10-11)17-15(6-7-15)14(18)19/h2,4-5,10,13,17H,3,6-9H2,1H3. The molecule has 6 heteroatoms. The van der Waals surface area contributed by atoms with E-state index < -0.39 is 16.3 Å². The van der Waals surface area contributed by atoms with Crippen LogP contribution in [0.25, 0.3) is 0 Å². The van der Waals surface area contributed by atoms with E-state index in [0.29, 0.717) is 18.7 Å². The smallest absolute Gasteiger partial charge is 0.244 e. The highest BCUT2D eigenvalue weighted by Crippen LogP contribution is 2.45. The van der Waals surface area contributed by atoms with Gasteiger partial charge in [0, 0.05) is 29.4 Å². The van der Waals surface area contributed by atoms with E-state index >= 15 is 0 Å². The Morgan fingerprint density at radius 2 is 2.24 bits per heavy atom. The maximum Gasteiger partial charge on any atom is 0.244 e. The number of nitrogens with zero attached hydrogens (tertiary/aromatic N) is 1. The van der Waals surface area contributed by atoms with Crippen molar-refractivity contribution < 1.29 is 13.4 Å². The Morgan fingerprint density at radius 3 is 2.86 bits per heavy atom. The van der Waals surface area contributed by atoms with Gasteiger partial charge >= 0.3 is 0 Å². The molecule has 2 unspecified atom stereocenters. The van der Waals surface area contributed by atoms with Crippen molar-refractivity contribution in [1.29, 1.82) is 0 Å². The molecule has 21 heavy (non-hydrogen) atoms. The van der Waals surface area contributed by atoms with Crippen LogP contribution in [-0.4, -0.2) is 39.1 Å². The van der Waals surface area contributed by atoms with Crippen molar-refractivity contribution in [1.82, 2.24) is 10.2 Å². The third-order valence-corrected chi connectivity index (χ3v) is 5.00. The molecule has 1 aromatic rings. The minimum absolute atomic E-state index is 0.0960. The normalized spacial score (nSPS) is 24.6. The van der Waals surface area contributed by atoms with Gasteiger partial charge in [-0.3, -0.25) is 14.3 Å². The lowest BCUT2D eigenvalue weighted by molar-refractivity contribution is -0.130. The number of carbonyl (C=O) groups excluding carboxylic acids is 1. The minimum Gasteiger partial charge on any atom is -0.321 e. The van der Waals surface area contributed by atoms with Crippen LogP contribution < -0.4 is 5.32 Å². The van der Waals surface area contributed by atoms with Gasteiger partial charge in [0.1, 0.15) is 17.5 Å². The van der Waals surface area contributed by atoms with Crippen LogP contribution >= 0.6 is 0 Å². The van der Waals surface area contributed by atoms with Gasteiger partial charge in [-0.05, 0) is 37.0 Å². The number of amides is 1. The molecule has 1 spiro atoms. The molecule has 2 aliphatic rings. The Bertz CT molecular complexity index is 589. The molecule has 1 saturated carbocycles. The third-order valence-electron chi connectivity index (χ3n) is 4.14. The summed E-state index contributed by atoms with van der Waals surface area (Å²) < 4.78 is 24.6. The summed E-state index contributed by atoms with van der Waals surface area (Å²) in [5, 5.41) is 3.36. The first kappa shape index (κ1) is 14.7. The van der Waals surface area contributed by atoms with E-state index in [9.17, 15) is 13.4 Å². The maximum absolute atomic E-state index is 13.4. The molecule has 2 atom stereocenters. The Hall–Kier alpha value is -1.27. The number of halogens is 1. The molecule has 2 fully saturated rings. The van der Waals surface area contributed by atoms with Gasteiger partial charge in [0.15, 0.2) is 0 Å². The molecule has 1 heterocycles. The van der Waals surface area contributed by atoms with Crippen molar-refractivity contribution >= 4 is 16.7 Å². The average Bonchev–Trinajstić information content (AvgIpc) is 3.16. The van der Waals surface area contributed by atoms with Gasteiger partial charge in [0.05, 0.1) is 0 Å². The van der Waals surface area contributed by atoms with Gasteiger partial charge in [0.2, 0.25) is 5.91 Å². The SMILES string of the molecule is CS(=O)CCCN1C(=O)C2(CC2)NC1c1cccc(F)c1. The molecule has 3 rings (SSSR count). The predicted octanol–water partition coefficient (Wildman–Crippen LogP) is 1.56. The maximum atomic E-state index is 13.4. The van der Waals surface area contributed by atoms with Gasteiger partial charge in [-0.25, -0.2) is 4.39 Å². The van der Waals surface area contributed by atoms with Gasteiger partial charge < -0.3 is 4.90 Å². The summed E-state index contributed by atoms with van der Waals surface area (Å²) in [7, 11) is -0.858. The molecule has 1 N–H and O–H groups in total. The summed E-state index contributed by atoms with van der Waals surface area (Å²) in [5.74, 6) is 0.374. The van der Waals surface area contributed by atoms with Crippen LogP contribution in [0.2, 0.25) is 0 Å². The first-order valence-electron chi connectivity index (χ1n) is 7.16. The highest BCUT2D eigenvalue weighted by Gasteiger charge is 2.59. The molecule has 1 amide bonds. The van der Waals surface area contributed by atoms with E-state index in [1.54, 1.807) is 17.2 Å². The Labute approximate surface area is 126 Å². The van der Waals surface area contributed by atoms with E-state index in [-0.39, 0.29) is 17.9 Å². The van der Waals surface area contributed by atoms with E-state index in [0.717, 1.165) is 18.4 Å². The Balaban J connectivity index is 1.79. The van der Waals surface area contributed by atoms with E-state index in [1.807, 2.05) is 6.07 Å². The van der Waals surface area contributed by atoms with E-state index in [2.05, 4.69) is 5.32 Å². The van der Waals surface area contributed by atoms with Crippen LogP contribution in [0.3, 0.4) is 0 Å². The highest BCUT2D eigenvalue weighted by atomic mass is 32.2. The Morgan fingerprint density at radius 1 is 1.48 bits per heavy atom. The molecular formula is C15H19FN2O2S. The number of hydrogen-bond acceptors (Lipinski definition) is 3. The van der Waals surface area contributed by atoms with Gasteiger partial charge in [-0.1, -0.05) is 12.1 Å². The predicted molar refractivity (Wildman–Crippen MR) is 79.5 cm³/mol. The average molecular weight is 310 g/mol. The van der Waals surface area contributed by atoms with Crippen LogP contribution in [0, 0.1) is 5.82 Å². The zero-order chi connectivity index (χ0) is 15.0. The largest absolute Gasteiger partial charge is 0.321 e. The zero-order valence-corrected chi connectivity index (χ0v) is 12.8. The molecule has 1 aromatic carbocycles. The lowest BCUT2D eigenvalue weighted by Crippen LogP contribution is -2.33. The van der Waals surface area contributed by atoms with Crippen LogP contribution in [0.15, 0.2) is 24.3 Å². The molecule has 0 aromatic heterocycles. The number of carbonyl (C=O) groups is 1. The number of nitrogens with one attached hydrogen (secondary N) is 1. The third kappa shape index (κ3) is 2.87. The van der Waals surface area contributed by atoms with Crippen LogP contribution in [-0.2, 0) is 15.6 Å². The minimum atomic E-state index is -0.858. The fourth-order valence-corrected chi connectivity index (χ4v) is 3.42. The molecule has 1 aliphatic heterocycles. The summed E-state index contributed by atoms with van der Waals surface area (Å²) in [6, 6.07) is 6.36. The summed E-state index contributed by atoms with van der Waals surface area (Å²) >= 11 is 0. The monoisotopic (exact) mass is 310 g/mol. The lowest BCUT2D eigenvalue weighted by atomic mass is 10.1. The van der Waals surface area contributed by atoms with Crippen molar-refractivity contribution in [3.63, 3.8) is 0 Å². The van der Waals surface area contributed by atoms with Gasteiger partial charge in [-0.15, -0.1) is 0 Å². The van der Waals surface area contributed by atoms with Crippen molar-refractivity contribution in [2.24, 2.45) is 0 Å². The second-order valence-electron chi connectivity index (χ2n) is 5.81. The summed E-state index contributed by atoms with van der Waals surface area (Å²) in [4.78, 5) is 14.3. The topological polar surface area (TPSA) is 49.4 Å². The van der Waals surface area contributed by atoms with E-state index in [1.165, 1.54) is 12.1 Å². The molecule has 1 saturated heterocycles. The summed E-state index contributed by atoms with van der Waals surface area (Å²) in [6.45, 7) is 0.550. The van der Waals surface area contributed by atoms with Gasteiger partial charge in [0.25, 0.3) is 0 Å². The fraction of sp³-hybridized carbons (Fsp3) is 0.533. The zero-order valence-electron chi connectivity index (χ0n) is 12.0. The number of benzene rings is 1. The number of hydrogen-bond donors (Lipinski definition) is 1. The second-order valence-corrected chi connectivity index (χ2v) is 7.37. The van der Waals surface area contributed by atoms with Crippen LogP contribution in [0.5, 0.6) is 0 Å². The summed E-state index contributed by atoms with van der Waals surface area (Å²) in [5.41, 5.74) is 0.340. The van der Waals surface area contributed by atoms with Gasteiger partial charge in [-0.2, -0.15) is 0 Å². The molecule has 0 radical (unpaired) electrons. The first-order chi connectivity index (χ1) is 10.0. The molecule has 1 aliphatic carbocycles. The second kappa shape index (κ2) is 5.50. The quantitative estimate of drug-likeness (QED) is 0.898. The first-order valence-corrected chi connectivity index (χ1v) is 8.89. The van der Waals surface area contributed by atoms with Crippen molar-refractivity contribution in [2.45, 2.75) is 31.0 Å². The van der Waals surface area contributed by atoms with Crippen molar-refractivity contribution in [2.75, 3.05) is 18.6 Å². The molecule has 114 valence electrons. The summed E-state index contributed by atoms with van der Waals surface area (Å²) in [6.07, 6.45) is 3.76. The highest BCUT2D eigenvalue weighted by molar-refractivity contribution is 7.84. The fourth-order valence-electron chi connectivity index (χ4n) is 2.89. The molecular weight excluding hydrogens is 291 g/mol.